The van der Waals surface area contributed by atoms with Gasteiger partial charge in [0.25, 0.3) is 0 Å². The van der Waals surface area contributed by atoms with Gasteiger partial charge in [-0.15, -0.1) is 0 Å². The van der Waals surface area contributed by atoms with Crippen molar-refractivity contribution in [1.82, 2.24) is 0 Å². The Morgan fingerprint density at radius 3 is 2.04 bits per heavy atom. The quantitative estimate of drug-likeness (QED) is 0.617. The maximum atomic E-state index is 12.8. The number of hydrogen-bond donors (Lipinski definition) is 0. The molecule has 0 aliphatic heterocycles. The number of carbonyl (C=O) groups excluding carboxylic acids is 1. The molecule has 0 N–H and O–H groups in total. The molecular formula is C21H19ClO. The van der Waals surface area contributed by atoms with Gasteiger partial charge in [0, 0.05) is 16.9 Å². The molecule has 116 valence electrons. The first kappa shape index (κ1) is 15.8. The molecule has 2 aliphatic rings. The second-order valence-corrected chi connectivity index (χ2v) is 6.85. The van der Waals surface area contributed by atoms with Crippen molar-refractivity contribution >= 4 is 17.4 Å². The fraction of sp³-hybridized carbons (Fsp3) is 0.190. The summed E-state index contributed by atoms with van der Waals surface area (Å²) in [6.07, 6.45) is 0.424. The van der Waals surface area contributed by atoms with E-state index >= 15 is 0 Å². The molecule has 1 nitrogen and oxygen atoms in total. The monoisotopic (exact) mass is 322 g/mol. The Kier molecular flexibility index (Phi) is 4.23. The molecular weight excluding hydrogens is 304 g/mol. The summed E-state index contributed by atoms with van der Waals surface area (Å²) in [5, 5.41) is 0.744. The summed E-state index contributed by atoms with van der Waals surface area (Å²) in [6.45, 7) is 3.98. The predicted molar refractivity (Wildman–Crippen MR) is 96.3 cm³/mol. The van der Waals surface area contributed by atoms with Gasteiger partial charge in [-0.05, 0) is 48.2 Å². The lowest BCUT2D eigenvalue weighted by atomic mass is 9.78. The van der Waals surface area contributed by atoms with E-state index in [0.29, 0.717) is 6.42 Å². The minimum Gasteiger partial charge on any atom is -0.298 e. The zero-order valence-electron chi connectivity index (χ0n) is 13.3. The van der Waals surface area contributed by atoms with Gasteiger partial charge in [-0.3, -0.25) is 4.79 Å². The zero-order chi connectivity index (χ0) is 16.4. The van der Waals surface area contributed by atoms with Crippen LogP contribution in [0, 0.1) is 0 Å². The van der Waals surface area contributed by atoms with Gasteiger partial charge >= 0.3 is 0 Å². The van der Waals surface area contributed by atoms with E-state index in [4.69, 9.17) is 11.6 Å². The molecule has 0 unspecified atom stereocenters. The van der Waals surface area contributed by atoms with E-state index in [9.17, 15) is 4.79 Å². The van der Waals surface area contributed by atoms with Crippen LogP contribution in [0.2, 0.25) is 5.02 Å². The number of fused-ring (bicyclic) bond motifs is 1. The van der Waals surface area contributed by atoms with Crippen LogP contribution in [0.1, 0.15) is 25.0 Å². The summed E-state index contributed by atoms with van der Waals surface area (Å²) in [4.78, 5) is 12.8. The molecule has 3 rings (SSSR count). The van der Waals surface area contributed by atoms with E-state index in [2.05, 4.69) is 0 Å². The van der Waals surface area contributed by atoms with E-state index in [1.807, 2.05) is 80.6 Å². The summed E-state index contributed by atoms with van der Waals surface area (Å²) in [5.74, 6) is 0.215. The van der Waals surface area contributed by atoms with E-state index < -0.39 is 5.41 Å². The smallest absolute Gasteiger partial charge is 0.147 e. The molecule has 1 aromatic carbocycles. The fourth-order valence-electron chi connectivity index (χ4n) is 2.78. The van der Waals surface area contributed by atoms with Gasteiger partial charge in [-0.25, -0.2) is 0 Å². The summed E-state index contributed by atoms with van der Waals surface area (Å²) < 4.78 is 0. The van der Waals surface area contributed by atoms with E-state index in [0.717, 1.165) is 27.3 Å². The van der Waals surface area contributed by atoms with Crippen LogP contribution < -0.4 is 0 Å². The molecule has 0 amide bonds. The minimum absolute atomic E-state index is 0.215. The first-order valence-corrected chi connectivity index (χ1v) is 8.11. The first-order chi connectivity index (χ1) is 11.0. The lowest BCUT2D eigenvalue weighted by molar-refractivity contribution is -0.122. The summed E-state index contributed by atoms with van der Waals surface area (Å²) in [5.41, 5.74) is 3.77. The Bertz CT molecular complexity index is 772. The third kappa shape index (κ3) is 3.30. The molecule has 0 spiro atoms. The van der Waals surface area contributed by atoms with Crippen molar-refractivity contribution in [2.24, 2.45) is 0 Å². The second-order valence-electron chi connectivity index (χ2n) is 6.42. The van der Waals surface area contributed by atoms with Gasteiger partial charge in [0.05, 0.1) is 0 Å². The highest BCUT2D eigenvalue weighted by molar-refractivity contribution is 6.31. The highest BCUT2D eigenvalue weighted by Gasteiger charge is 2.29. The number of hydrogen-bond acceptors (Lipinski definition) is 1. The molecule has 0 radical (unpaired) electrons. The summed E-state index contributed by atoms with van der Waals surface area (Å²) in [7, 11) is 0. The van der Waals surface area contributed by atoms with E-state index in [1.165, 1.54) is 0 Å². The molecule has 0 saturated heterocycles. The van der Waals surface area contributed by atoms with Crippen molar-refractivity contribution in [3.63, 3.8) is 0 Å². The largest absolute Gasteiger partial charge is 0.298 e. The van der Waals surface area contributed by atoms with Gasteiger partial charge in [-0.2, -0.15) is 0 Å². The lowest BCUT2D eigenvalue weighted by Gasteiger charge is -2.23. The third-order valence-electron chi connectivity index (χ3n) is 4.43. The number of halogens is 1. The van der Waals surface area contributed by atoms with Crippen LogP contribution in [-0.2, 0) is 16.6 Å². The molecule has 0 aromatic heterocycles. The van der Waals surface area contributed by atoms with Gasteiger partial charge in [0.1, 0.15) is 5.78 Å². The Labute approximate surface area is 142 Å². The molecule has 0 bridgehead atoms. The molecule has 0 atom stereocenters. The molecule has 0 fully saturated rings. The van der Waals surface area contributed by atoms with Crippen molar-refractivity contribution < 1.29 is 4.79 Å². The second kappa shape index (κ2) is 6.17. The standard InChI is InChI=1S/C21H19ClO/c1-21(2,18-6-4-3-5-7-18)20(23)12-15-8-10-16-13-19(22)14-17(16)11-9-15/h3-11,13-14H,12H2,1-2H3. The zero-order valence-corrected chi connectivity index (χ0v) is 14.1. The minimum atomic E-state index is -0.492. The Balaban J connectivity index is 1.85. The number of ketones is 1. The predicted octanol–water partition coefficient (Wildman–Crippen LogP) is 5.53. The Morgan fingerprint density at radius 2 is 1.48 bits per heavy atom. The third-order valence-corrected chi connectivity index (χ3v) is 4.65. The topological polar surface area (TPSA) is 17.1 Å². The molecule has 0 heterocycles. The number of carbonyl (C=O) groups is 1. The molecule has 23 heavy (non-hydrogen) atoms. The number of Topliss-reactive ketones (excluding diaryl/α,β-unsaturated/α-hetero) is 1. The van der Waals surface area contributed by atoms with Gasteiger partial charge < -0.3 is 0 Å². The maximum absolute atomic E-state index is 12.8. The van der Waals surface area contributed by atoms with Crippen molar-refractivity contribution in [3.8, 4) is 11.1 Å². The Morgan fingerprint density at radius 1 is 0.913 bits per heavy atom. The van der Waals surface area contributed by atoms with Crippen LogP contribution in [0.25, 0.3) is 11.1 Å². The lowest BCUT2D eigenvalue weighted by Crippen LogP contribution is -2.30. The SMILES string of the molecule is CC(C)(C(=O)Cc1ccc2cc(Cl)cc-2cc1)c1ccccc1. The molecule has 2 heteroatoms. The van der Waals surface area contributed by atoms with Crippen molar-refractivity contribution in [3.05, 3.63) is 82.9 Å². The van der Waals surface area contributed by atoms with Crippen LogP contribution >= 0.6 is 11.6 Å². The van der Waals surface area contributed by atoms with Crippen molar-refractivity contribution in [2.75, 3.05) is 0 Å². The maximum Gasteiger partial charge on any atom is 0.147 e. The highest BCUT2D eigenvalue weighted by atomic mass is 35.5. The van der Waals surface area contributed by atoms with Crippen LogP contribution in [0.4, 0.5) is 0 Å². The molecule has 0 saturated carbocycles. The first-order valence-electron chi connectivity index (χ1n) is 7.74. The van der Waals surface area contributed by atoms with Crippen LogP contribution in [0.5, 0.6) is 0 Å². The van der Waals surface area contributed by atoms with Crippen molar-refractivity contribution in [2.45, 2.75) is 25.7 Å². The summed E-state index contributed by atoms with van der Waals surface area (Å²) >= 11 is 6.02. The highest BCUT2D eigenvalue weighted by Crippen LogP contribution is 2.29. The van der Waals surface area contributed by atoms with Crippen LogP contribution in [0.15, 0.2) is 66.7 Å². The summed E-state index contributed by atoms with van der Waals surface area (Å²) in [6, 6.07) is 21.9. The number of benzene rings is 1. The van der Waals surface area contributed by atoms with Crippen molar-refractivity contribution in [1.29, 1.82) is 0 Å². The van der Waals surface area contributed by atoms with Gasteiger partial charge in [0.2, 0.25) is 0 Å². The van der Waals surface area contributed by atoms with E-state index in [1.54, 1.807) is 0 Å². The van der Waals surface area contributed by atoms with E-state index in [-0.39, 0.29) is 5.78 Å². The normalized spacial score (nSPS) is 11.6. The Hall–Kier alpha value is -2.12. The molecule has 2 aliphatic carbocycles. The van der Waals surface area contributed by atoms with Crippen LogP contribution in [-0.4, -0.2) is 5.78 Å². The van der Waals surface area contributed by atoms with Gasteiger partial charge in [0.15, 0.2) is 0 Å². The molecule has 1 aromatic rings. The van der Waals surface area contributed by atoms with Crippen LogP contribution in [0.3, 0.4) is 0 Å². The fourth-order valence-corrected chi connectivity index (χ4v) is 3.02. The number of rotatable bonds is 4. The average Bonchev–Trinajstić information content (AvgIpc) is 2.80. The average molecular weight is 323 g/mol. The van der Waals surface area contributed by atoms with Gasteiger partial charge in [-0.1, -0.05) is 66.2 Å².